The van der Waals surface area contributed by atoms with Crippen molar-refractivity contribution in [3.8, 4) is 0 Å². The summed E-state index contributed by atoms with van der Waals surface area (Å²) in [5.41, 5.74) is 6.03. The highest BCUT2D eigenvalue weighted by molar-refractivity contribution is 9.10. The lowest BCUT2D eigenvalue weighted by Crippen LogP contribution is -3.00. The number of halogens is 3. The maximum absolute atomic E-state index is 3.73. The summed E-state index contributed by atoms with van der Waals surface area (Å²) >= 11 is 3.55. The van der Waals surface area contributed by atoms with E-state index in [1.165, 1.54) is 21.7 Å². The van der Waals surface area contributed by atoms with Crippen LogP contribution >= 0.6 is 15.9 Å². The Morgan fingerprint density at radius 3 is 1.63 bits per heavy atom. The van der Waals surface area contributed by atoms with Crippen LogP contribution in [0.25, 0.3) is 0 Å². The van der Waals surface area contributed by atoms with E-state index >= 15 is 0 Å². The minimum atomic E-state index is 0. The van der Waals surface area contributed by atoms with E-state index in [4.69, 9.17) is 0 Å². The Balaban J connectivity index is 0.00000216. The molecule has 35 heavy (non-hydrogen) atoms. The van der Waals surface area contributed by atoms with Gasteiger partial charge in [-0.1, -0.05) is 76.6 Å². The quantitative estimate of drug-likeness (QED) is 0.174. The molecule has 0 atom stereocenters. The summed E-state index contributed by atoms with van der Waals surface area (Å²) in [6, 6.07) is 38.5. The molecule has 0 heterocycles. The standard InChI is InChI=1S/C29H28BrN3.2ClH/c1-32(2)28-19-13-25(14-20-28)29(31-27-17-15-26(30)16-18-27)33(21-23-9-5-3-6-10-23)22-24-11-7-4-8-12-24;;/h3-20H,21-22H2,1-2H3;2*1H. The number of quaternary nitrogens is 1. The average Bonchev–Trinajstić information content (AvgIpc) is 2.85. The van der Waals surface area contributed by atoms with Gasteiger partial charge in [-0.3, -0.25) is 4.58 Å². The molecule has 0 unspecified atom stereocenters. The van der Waals surface area contributed by atoms with Crippen LogP contribution in [0, 0.1) is 0 Å². The monoisotopic (exact) mass is 569 g/mol. The molecular formula is C29H30BrCl2N3. The van der Waals surface area contributed by atoms with Crippen LogP contribution in [0.5, 0.6) is 0 Å². The molecule has 0 amide bonds. The number of benzene rings is 4. The lowest BCUT2D eigenvalue weighted by Gasteiger charge is -2.15. The number of amidine groups is 1. The van der Waals surface area contributed by atoms with E-state index in [-0.39, 0.29) is 24.8 Å². The van der Waals surface area contributed by atoms with E-state index in [0.29, 0.717) is 0 Å². The number of hydrogen-bond acceptors (Lipinski definition) is 0. The fourth-order valence-electron chi connectivity index (χ4n) is 3.79. The Bertz CT molecular complexity index is 1150. The van der Waals surface area contributed by atoms with Crippen molar-refractivity contribution in [1.29, 1.82) is 0 Å². The van der Waals surface area contributed by atoms with Crippen LogP contribution in [0.3, 0.4) is 0 Å². The van der Waals surface area contributed by atoms with E-state index in [1.54, 1.807) is 0 Å². The zero-order valence-electron chi connectivity index (χ0n) is 19.9. The Labute approximate surface area is 229 Å². The minimum absolute atomic E-state index is 0. The van der Waals surface area contributed by atoms with Gasteiger partial charge in [0.25, 0.3) is 5.84 Å². The van der Waals surface area contributed by atoms with Crippen LogP contribution in [0.4, 0.5) is 11.4 Å². The molecule has 4 aromatic rings. The maximum Gasteiger partial charge on any atom is 0.282 e. The lowest BCUT2D eigenvalue weighted by molar-refractivity contribution is -0.786. The first-order chi connectivity index (χ1) is 16.1. The van der Waals surface area contributed by atoms with Gasteiger partial charge in [0.05, 0.1) is 19.7 Å². The third-order valence-electron chi connectivity index (χ3n) is 5.59. The highest BCUT2D eigenvalue weighted by Gasteiger charge is 2.19. The molecule has 0 aromatic heterocycles. The van der Waals surface area contributed by atoms with Crippen LogP contribution in [-0.4, -0.2) is 24.5 Å². The molecule has 0 saturated heterocycles. The molecule has 182 valence electrons. The molecule has 4 aromatic carbocycles. The molecule has 0 spiro atoms. The molecule has 2 N–H and O–H groups in total. The predicted molar refractivity (Wildman–Crippen MR) is 141 cm³/mol. The van der Waals surface area contributed by atoms with Crippen LogP contribution < -0.4 is 35.0 Å². The third kappa shape index (κ3) is 8.22. The van der Waals surface area contributed by atoms with Crippen molar-refractivity contribution in [2.75, 3.05) is 19.4 Å². The van der Waals surface area contributed by atoms with E-state index < -0.39 is 0 Å². The fraction of sp³-hybridized carbons (Fsp3) is 0.138. The van der Waals surface area contributed by atoms with Gasteiger partial charge in [-0.2, -0.15) is 0 Å². The zero-order chi connectivity index (χ0) is 23.0. The SMILES string of the molecule is C[NH+](C)c1ccc(C(Nc2ccc(Br)cc2)=[N+](Cc2ccccc2)Cc2ccccc2)cc1.[Cl-].[Cl-]. The number of rotatable bonds is 7. The van der Waals surface area contributed by atoms with E-state index in [0.717, 1.165) is 34.6 Å². The Kier molecular flexibility index (Phi) is 11.5. The molecule has 0 saturated carbocycles. The lowest BCUT2D eigenvalue weighted by atomic mass is 10.1. The van der Waals surface area contributed by atoms with Crippen molar-refractivity contribution in [2.45, 2.75) is 13.1 Å². The van der Waals surface area contributed by atoms with Gasteiger partial charge in [0.15, 0.2) is 0 Å². The van der Waals surface area contributed by atoms with Crippen molar-refractivity contribution < 1.29 is 34.3 Å². The van der Waals surface area contributed by atoms with Crippen LogP contribution in [0.15, 0.2) is 114 Å². The summed E-state index contributed by atoms with van der Waals surface area (Å²) in [7, 11) is 4.30. The molecule has 0 aliphatic rings. The largest absolute Gasteiger partial charge is 1.00 e. The van der Waals surface area contributed by atoms with Crippen LogP contribution in [0.2, 0.25) is 0 Å². The third-order valence-corrected chi connectivity index (χ3v) is 6.12. The predicted octanol–water partition coefficient (Wildman–Crippen LogP) is -0.495. The molecular weight excluding hydrogens is 541 g/mol. The van der Waals surface area contributed by atoms with Gasteiger partial charge in [-0.25, -0.2) is 5.32 Å². The van der Waals surface area contributed by atoms with Crippen molar-refractivity contribution in [3.63, 3.8) is 0 Å². The second-order valence-electron chi connectivity index (χ2n) is 8.39. The first-order valence-corrected chi connectivity index (χ1v) is 12.0. The maximum atomic E-state index is 3.73. The number of nitrogens with one attached hydrogen (secondary N) is 2. The topological polar surface area (TPSA) is 19.5 Å². The Hall–Kier alpha value is -2.63. The first kappa shape index (κ1) is 28.6. The smallest absolute Gasteiger partial charge is 0.282 e. The highest BCUT2D eigenvalue weighted by atomic mass is 79.9. The van der Waals surface area contributed by atoms with Crippen molar-refractivity contribution in [2.24, 2.45) is 0 Å². The Morgan fingerprint density at radius 1 is 0.686 bits per heavy atom. The van der Waals surface area contributed by atoms with Gasteiger partial charge in [-0.05, 0) is 59.7 Å². The molecule has 3 nitrogen and oxygen atoms in total. The summed E-state index contributed by atoms with van der Waals surface area (Å²) in [6.07, 6.45) is 0. The number of nitrogens with zero attached hydrogens (tertiary/aromatic N) is 1. The molecule has 4 rings (SSSR count). The van der Waals surface area contributed by atoms with Gasteiger partial charge in [0.2, 0.25) is 0 Å². The summed E-state index contributed by atoms with van der Waals surface area (Å²) in [4.78, 5) is 1.31. The van der Waals surface area contributed by atoms with Gasteiger partial charge in [0, 0.05) is 4.47 Å². The summed E-state index contributed by atoms with van der Waals surface area (Å²) in [5.74, 6) is 1.09. The minimum Gasteiger partial charge on any atom is -1.00 e. The number of anilines is 1. The van der Waals surface area contributed by atoms with Crippen molar-refractivity contribution in [1.82, 2.24) is 0 Å². The normalized spacial score (nSPS) is 10.2. The molecule has 0 aliphatic carbocycles. The summed E-state index contributed by atoms with van der Waals surface area (Å²) in [5, 5.41) is 3.73. The second-order valence-corrected chi connectivity index (χ2v) is 9.30. The Morgan fingerprint density at radius 2 is 1.17 bits per heavy atom. The number of hydrogen-bond donors (Lipinski definition) is 2. The zero-order valence-corrected chi connectivity index (χ0v) is 23.0. The average molecular weight is 571 g/mol. The van der Waals surface area contributed by atoms with Crippen molar-refractivity contribution in [3.05, 3.63) is 130 Å². The fourth-order valence-corrected chi connectivity index (χ4v) is 4.05. The molecule has 6 heteroatoms. The molecule has 0 fully saturated rings. The molecule has 0 bridgehead atoms. The highest BCUT2D eigenvalue weighted by Crippen LogP contribution is 2.17. The first-order valence-electron chi connectivity index (χ1n) is 11.2. The van der Waals surface area contributed by atoms with Crippen LogP contribution in [-0.2, 0) is 13.1 Å². The van der Waals surface area contributed by atoms with Gasteiger partial charge in [-0.15, -0.1) is 0 Å². The van der Waals surface area contributed by atoms with E-state index in [1.807, 2.05) is 0 Å². The van der Waals surface area contributed by atoms with Gasteiger partial charge in [0.1, 0.15) is 24.5 Å². The molecule has 0 radical (unpaired) electrons. The summed E-state index contributed by atoms with van der Waals surface area (Å²) in [6.45, 7) is 1.60. The molecule has 0 aliphatic heterocycles. The van der Waals surface area contributed by atoms with Crippen molar-refractivity contribution >= 4 is 33.1 Å². The van der Waals surface area contributed by atoms with Gasteiger partial charge < -0.3 is 29.7 Å². The van der Waals surface area contributed by atoms with Gasteiger partial charge >= 0.3 is 0 Å². The van der Waals surface area contributed by atoms with E-state index in [2.05, 4.69) is 149 Å². The second kappa shape index (κ2) is 14.1. The van der Waals surface area contributed by atoms with E-state index in [9.17, 15) is 0 Å². The summed E-state index contributed by atoms with van der Waals surface area (Å²) < 4.78 is 3.49. The van der Waals surface area contributed by atoms with Crippen LogP contribution in [0.1, 0.15) is 16.7 Å².